The number of aldehydes is 1. The van der Waals surface area contributed by atoms with Gasteiger partial charge in [0, 0.05) is 10.9 Å². The van der Waals surface area contributed by atoms with Gasteiger partial charge in [-0.05, 0) is 24.1 Å². The number of aromatic nitrogens is 1. The van der Waals surface area contributed by atoms with Crippen LogP contribution in [0.1, 0.15) is 33.3 Å². The van der Waals surface area contributed by atoms with Crippen LogP contribution in [0.3, 0.4) is 0 Å². The zero-order valence-corrected chi connectivity index (χ0v) is 8.78. The molecule has 0 saturated carbocycles. The van der Waals surface area contributed by atoms with Crippen molar-refractivity contribution in [1.82, 2.24) is 4.98 Å². The lowest BCUT2D eigenvalue weighted by atomic mass is 10.1. The van der Waals surface area contributed by atoms with Gasteiger partial charge in [0.1, 0.15) is 5.69 Å². The summed E-state index contributed by atoms with van der Waals surface area (Å²) in [4.78, 5) is 24.6. The zero-order valence-electron chi connectivity index (χ0n) is 8.78. The van der Waals surface area contributed by atoms with Gasteiger partial charge in [-0.1, -0.05) is 13.0 Å². The van der Waals surface area contributed by atoms with Gasteiger partial charge in [0.25, 0.3) is 0 Å². The Morgan fingerprint density at radius 2 is 2.25 bits per heavy atom. The monoisotopic (exact) mass is 217 g/mol. The lowest BCUT2D eigenvalue weighted by Crippen LogP contribution is -2.00. The molecule has 4 heteroatoms. The lowest BCUT2D eigenvalue weighted by molar-refractivity contribution is 0.0688. The summed E-state index contributed by atoms with van der Waals surface area (Å²) >= 11 is 0. The minimum atomic E-state index is -1.11. The molecule has 0 radical (unpaired) electrons. The molecule has 0 bridgehead atoms. The predicted octanol–water partition coefficient (Wildman–Crippen LogP) is 2.24. The first kappa shape index (κ1) is 10.4. The Morgan fingerprint density at radius 1 is 1.50 bits per heavy atom. The van der Waals surface area contributed by atoms with Crippen molar-refractivity contribution in [2.75, 3.05) is 0 Å². The third-order valence-corrected chi connectivity index (χ3v) is 2.64. The van der Waals surface area contributed by atoms with Crippen molar-refractivity contribution >= 4 is 23.2 Å². The highest BCUT2D eigenvalue weighted by atomic mass is 16.4. The summed E-state index contributed by atoms with van der Waals surface area (Å²) in [5.41, 5.74) is 1.93. The number of carbonyl (C=O) groups is 2. The minimum absolute atomic E-state index is 0.0433. The van der Waals surface area contributed by atoms with E-state index in [1.807, 2.05) is 19.1 Å². The van der Waals surface area contributed by atoms with Crippen molar-refractivity contribution in [3.8, 4) is 0 Å². The molecule has 2 aromatic rings. The normalized spacial score (nSPS) is 10.6. The largest absolute Gasteiger partial charge is 0.477 e. The van der Waals surface area contributed by atoms with E-state index >= 15 is 0 Å². The highest BCUT2D eigenvalue weighted by Crippen LogP contribution is 2.22. The second-order valence-corrected chi connectivity index (χ2v) is 3.57. The Morgan fingerprint density at radius 3 is 2.81 bits per heavy atom. The Balaban J connectivity index is 2.78. The van der Waals surface area contributed by atoms with Crippen LogP contribution in [0, 0.1) is 0 Å². The smallest absolute Gasteiger partial charge is 0.353 e. The van der Waals surface area contributed by atoms with Crippen LogP contribution in [0.5, 0.6) is 0 Å². The van der Waals surface area contributed by atoms with Crippen LogP contribution in [0.15, 0.2) is 18.2 Å². The number of carbonyl (C=O) groups excluding carboxylic acids is 1. The first-order chi connectivity index (χ1) is 7.67. The van der Waals surface area contributed by atoms with Gasteiger partial charge >= 0.3 is 5.97 Å². The molecule has 2 rings (SSSR count). The molecule has 82 valence electrons. The first-order valence-corrected chi connectivity index (χ1v) is 5.00. The van der Waals surface area contributed by atoms with E-state index < -0.39 is 5.97 Å². The average Bonchev–Trinajstić information content (AvgIpc) is 2.66. The highest BCUT2D eigenvalue weighted by molar-refractivity contribution is 6.07. The number of aromatic amines is 1. The number of hydrogen-bond acceptors (Lipinski definition) is 2. The van der Waals surface area contributed by atoms with Crippen LogP contribution >= 0.6 is 0 Å². The van der Waals surface area contributed by atoms with E-state index in [4.69, 9.17) is 5.11 Å². The number of rotatable bonds is 3. The van der Waals surface area contributed by atoms with Gasteiger partial charge in [-0.25, -0.2) is 4.79 Å². The van der Waals surface area contributed by atoms with Crippen molar-refractivity contribution in [2.45, 2.75) is 13.3 Å². The van der Waals surface area contributed by atoms with E-state index in [-0.39, 0.29) is 11.3 Å². The van der Waals surface area contributed by atoms with Gasteiger partial charge in [0.15, 0.2) is 6.29 Å². The lowest BCUT2D eigenvalue weighted by Gasteiger charge is -1.96. The molecular formula is C12H11NO3. The molecule has 2 N–H and O–H groups in total. The number of fused-ring (bicyclic) bond motifs is 1. The second-order valence-electron chi connectivity index (χ2n) is 3.57. The summed E-state index contributed by atoms with van der Waals surface area (Å²) < 4.78 is 0. The van der Waals surface area contributed by atoms with E-state index in [2.05, 4.69) is 4.98 Å². The Bertz CT molecular complexity index is 569. The fourth-order valence-corrected chi connectivity index (χ4v) is 1.77. The number of nitrogens with one attached hydrogen (secondary N) is 1. The molecule has 1 aromatic heterocycles. The molecule has 0 aliphatic rings. The molecule has 1 heterocycles. The fourth-order valence-electron chi connectivity index (χ4n) is 1.77. The topological polar surface area (TPSA) is 70.2 Å². The fraction of sp³-hybridized carbons (Fsp3) is 0.167. The summed E-state index contributed by atoms with van der Waals surface area (Å²) in [6, 6.07) is 5.56. The summed E-state index contributed by atoms with van der Waals surface area (Å²) in [7, 11) is 0. The third kappa shape index (κ3) is 1.48. The third-order valence-electron chi connectivity index (χ3n) is 2.64. The number of carboxylic acids is 1. The molecule has 0 spiro atoms. The molecule has 0 fully saturated rings. The van der Waals surface area contributed by atoms with Crippen molar-refractivity contribution in [3.05, 3.63) is 35.0 Å². The van der Waals surface area contributed by atoms with Crippen LogP contribution in [0.2, 0.25) is 0 Å². The molecule has 16 heavy (non-hydrogen) atoms. The number of aryl methyl sites for hydroxylation is 1. The van der Waals surface area contributed by atoms with Gasteiger partial charge in [0.2, 0.25) is 0 Å². The standard InChI is InChI=1S/C12H11NO3/c1-2-7-3-4-10-8(5-7)9(6-14)11(13-10)12(15)16/h3-6,13H,2H2,1H3,(H,15,16). The molecule has 4 nitrogen and oxygen atoms in total. The quantitative estimate of drug-likeness (QED) is 0.774. The second kappa shape index (κ2) is 3.81. The zero-order chi connectivity index (χ0) is 11.7. The maximum absolute atomic E-state index is 10.9. The van der Waals surface area contributed by atoms with Crippen molar-refractivity contribution < 1.29 is 14.7 Å². The highest BCUT2D eigenvalue weighted by Gasteiger charge is 2.16. The van der Waals surface area contributed by atoms with Crippen LogP contribution < -0.4 is 0 Å². The molecule has 0 aliphatic carbocycles. The summed E-state index contributed by atoms with van der Waals surface area (Å²) in [6.07, 6.45) is 1.43. The molecule has 0 unspecified atom stereocenters. The Hall–Kier alpha value is -2.10. The molecule has 1 aromatic carbocycles. The molecule has 0 saturated heterocycles. The average molecular weight is 217 g/mol. The van der Waals surface area contributed by atoms with Crippen molar-refractivity contribution in [2.24, 2.45) is 0 Å². The minimum Gasteiger partial charge on any atom is -0.477 e. The van der Waals surface area contributed by atoms with E-state index in [0.29, 0.717) is 17.2 Å². The number of H-pyrrole nitrogens is 1. The van der Waals surface area contributed by atoms with Crippen LogP contribution in [0.25, 0.3) is 10.9 Å². The van der Waals surface area contributed by atoms with E-state index in [1.165, 1.54) is 0 Å². The summed E-state index contributed by atoms with van der Waals surface area (Å²) in [6.45, 7) is 2.01. The van der Waals surface area contributed by atoms with Gasteiger partial charge in [-0.3, -0.25) is 4.79 Å². The number of hydrogen-bond donors (Lipinski definition) is 2. The molecular weight excluding hydrogens is 206 g/mol. The maximum atomic E-state index is 10.9. The Labute approximate surface area is 91.9 Å². The molecule has 0 atom stereocenters. The van der Waals surface area contributed by atoms with Crippen molar-refractivity contribution in [1.29, 1.82) is 0 Å². The van der Waals surface area contributed by atoms with Crippen LogP contribution in [-0.2, 0) is 6.42 Å². The van der Waals surface area contributed by atoms with E-state index in [1.54, 1.807) is 6.07 Å². The van der Waals surface area contributed by atoms with Gasteiger partial charge in [-0.15, -0.1) is 0 Å². The van der Waals surface area contributed by atoms with Crippen LogP contribution in [-0.4, -0.2) is 22.3 Å². The summed E-state index contributed by atoms with van der Waals surface area (Å²) in [5.74, 6) is -1.11. The van der Waals surface area contributed by atoms with E-state index in [0.717, 1.165) is 12.0 Å². The number of benzene rings is 1. The number of aromatic carboxylic acids is 1. The summed E-state index contributed by atoms with van der Waals surface area (Å²) in [5, 5.41) is 9.61. The Kier molecular flexibility index (Phi) is 2.48. The van der Waals surface area contributed by atoms with E-state index in [9.17, 15) is 9.59 Å². The van der Waals surface area contributed by atoms with Gasteiger partial charge in [-0.2, -0.15) is 0 Å². The van der Waals surface area contributed by atoms with Gasteiger partial charge < -0.3 is 10.1 Å². The SMILES string of the molecule is CCc1ccc2[nH]c(C(=O)O)c(C=O)c2c1. The molecule has 0 amide bonds. The van der Waals surface area contributed by atoms with Crippen molar-refractivity contribution in [3.63, 3.8) is 0 Å². The number of carboxylic acid groups (broad SMARTS) is 1. The van der Waals surface area contributed by atoms with Gasteiger partial charge in [0.05, 0.1) is 5.56 Å². The first-order valence-electron chi connectivity index (χ1n) is 5.00. The molecule has 0 aliphatic heterocycles. The maximum Gasteiger partial charge on any atom is 0.353 e. The predicted molar refractivity (Wildman–Crippen MR) is 60.0 cm³/mol. The van der Waals surface area contributed by atoms with Crippen LogP contribution in [0.4, 0.5) is 0 Å².